The van der Waals surface area contributed by atoms with Crippen LogP contribution in [0, 0.1) is 0 Å². The Kier molecular flexibility index (Phi) is 4.01. The molecule has 1 unspecified atom stereocenters. The number of rotatable bonds is 4. The zero-order valence-electron chi connectivity index (χ0n) is 11.3. The summed E-state index contributed by atoms with van der Waals surface area (Å²) in [7, 11) is -2.05. The summed E-state index contributed by atoms with van der Waals surface area (Å²) >= 11 is 0. The van der Waals surface area contributed by atoms with Gasteiger partial charge in [-0.05, 0) is 31.4 Å². The number of methoxy groups -OCH3 is 1. The van der Waals surface area contributed by atoms with E-state index in [2.05, 4.69) is 0 Å². The van der Waals surface area contributed by atoms with Crippen LogP contribution in [0.15, 0.2) is 23.1 Å². The van der Waals surface area contributed by atoms with E-state index in [9.17, 15) is 8.42 Å². The number of ether oxygens (including phenoxy) is 1. The molecule has 1 heterocycles. The molecule has 1 fully saturated rings. The van der Waals surface area contributed by atoms with Gasteiger partial charge in [0.25, 0.3) is 0 Å². The van der Waals surface area contributed by atoms with Gasteiger partial charge in [-0.25, -0.2) is 8.42 Å². The summed E-state index contributed by atoms with van der Waals surface area (Å²) in [5.41, 5.74) is 6.15. The van der Waals surface area contributed by atoms with Crippen LogP contribution in [0.2, 0.25) is 0 Å². The van der Waals surface area contributed by atoms with Crippen molar-refractivity contribution < 1.29 is 13.2 Å². The summed E-state index contributed by atoms with van der Waals surface area (Å²) in [5, 5.41) is 0. The largest absolute Gasteiger partial charge is 0.495 e. The number of hydrogen-bond donors (Lipinski definition) is 1. The highest BCUT2D eigenvalue weighted by atomic mass is 32.2. The van der Waals surface area contributed by atoms with Crippen molar-refractivity contribution in [3.05, 3.63) is 18.2 Å². The van der Waals surface area contributed by atoms with Gasteiger partial charge in [0.15, 0.2) is 0 Å². The molecule has 2 N–H and O–H groups in total. The van der Waals surface area contributed by atoms with E-state index in [0.717, 1.165) is 19.3 Å². The fourth-order valence-corrected chi connectivity index (χ4v) is 4.46. The first-order valence-corrected chi connectivity index (χ1v) is 7.90. The summed E-state index contributed by atoms with van der Waals surface area (Å²) < 4.78 is 32.1. The van der Waals surface area contributed by atoms with Crippen LogP contribution >= 0.6 is 0 Å². The van der Waals surface area contributed by atoms with Crippen LogP contribution in [0.4, 0.5) is 5.69 Å². The molecule has 6 heteroatoms. The Bertz CT molecular complexity index is 557. The lowest BCUT2D eigenvalue weighted by atomic mass is 10.2. The SMILES string of the molecule is CCC1CCCN1S(=O)(=O)c1ccc(N)cc1OC. The first-order valence-electron chi connectivity index (χ1n) is 6.46. The van der Waals surface area contributed by atoms with E-state index < -0.39 is 10.0 Å². The molecule has 1 aromatic rings. The molecule has 0 aromatic heterocycles. The van der Waals surface area contributed by atoms with E-state index in [1.54, 1.807) is 16.4 Å². The van der Waals surface area contributed by atoms with Crippen molar-refractivity contribution in [2.75, 3.05) is 19.4 Å². The molecule has 106 valence electrons. The van der Waals surface area contributed by atoms with Crippen LogP contribution in [-0.2, 0) is 10.0 Å². The van der Waals surface area contributed by atoms with Crippen molar-refractivity contribution in [1.29, 1.82) is 0 Å². The van der Waals surface area contributed by atoms with E-state index in [4.69, 9.17) is 10.5 Å². The average molecular weight is 284 g/mol. The van der Waals surface area contributed by atoms with Gasteiger partial charge in [0.1, 0.15) is 10.6 Å². The van der Waals surface area contributed by atoms with Gasteiger partial charge in [-0.15, -0.1) is 0 Å². The van der Waals surface area contributed by atoms with Crippen LogP contribution in [-0.4, -0.2) is 32.4 Å². The summed E-state index contributed by atoms with van der Waals surface area (Å²) in [6, 6.07) is 4.75. The van der Waals surface area contributed by atoms with Gasteiger partial charge in [0.05, 0.1) is 7.11 Å². The second kappa shape index (κ2) is 5.38. The molecule has 0 spiro atoms. The third kappa shape index (κ3) is 2.55. The summed E-state index contributed by atoms with van der Waals surface area (Å²) in [6.07, 6.45) is 2.67. The molecule has 0 amide bonds. The molecular weight excluding hydrogens is 264 g/mol. The van der Waals surface area contributed by atoms with Crippen molar-refractivity contribution in [2.24, 2.45) is 0 Å². The molecule has 1 atom stereocenters. The molecule has 0 aliphatic carbocycles. The van der Waals surface area contributed by atoms with Crippen molar-refractivity contribution in [3.63, 3.8) is 0 Å². The topological polar surface area (TPSA) is 72.6 Å². The number of nitrogens with zero attached hydrogens (tertiary/aromatic N) is 1. The lowest BCUT2D eigenvalue weighted by molar-refractivity contribution is 0.370. The lowest BCUT2D eigenvalue weighted by Gasteiger charge is -2.24. The molecule has 5 nitrogen and oxygen atoms in total. The minimum atomic E-state index is -3.51. The number of sulfonamides is 1. The fourth-order valence-electron chi connectivity index (χ4n) is 2.56. The lowest BCUT2D eigenvalue weighted by Crippen LogP contribution is -2.35. The van der Waals surface area contributed by atoms with E-state index in [1.807, 2.05) is 6.92 Å². The smallest absolute Gasteiger partial charge is 0.247 e. The van der Waals surface area contributed by atoms with Gasteiger partial charge in [0, 0.05) is 24.3 Å². The van der Waals surface area contributed by atoms with Crippen molar-refractivity contribution in [1.82, 2.24) is 4.31 Å². The molecular formula is C13H20N2O3S. The molecule has 2 rings (SSSR count). The number of nitrogens with two attached hydrogens (primary N) is 1. The standard InChI is InChI=1S/C13H20N2O3S/c1-3-11-5-4-8-15(11)19(16,17)13-7-6-10(14)9-12(13)18-2/h6-7,9,11H,3-5,8,14H2,1-2H3. The first-order chi connectivity index (χ1) is 9.00. The molecule has 1 aliphatic rings. The highest BCUT2D eigenvalue weighted by molar-refractivity contribution is 7.89. The van der Waals surface area contributed by atoms with Crippen LogP contribution in [0.5, 0.6) is 5.75 Å². The minimum absolute atomic E-state index is 0.0901. The van der Waals surface area contributed by atoms with E-state index in [-0.39, 0.29) is 10.9 Å². The molecule has 1 aromatic carbocycles. The van der Waals surface area contributed by atoms with Crippen molar-refractivity contribution >= 4 is 15.7 Å². The van der Waals surface area contributed by atoms with Crippen LogP contribution in [0.1, 0.15) is 26.2 Å². The third-order valence-corrected chi connectivity index (χ3v) is 5.56. The third-order valence-electron chi connectivity index (χ3n) is 3.57. The van der Waals surface area contributed by atoms with Crippen LogP contribution in [0.25, 0.3) is 0 Å². The van der Waals surface area contributed by atoms with Gasteiger partial charge in [-0.1, -0.05) is 6.92 Å². The molecule has 0 bridgehead atoms. The highest BCUT2D eigenvalue weighted by Gasteiger charge is 2.35. The Morgan fingerprint density at radius 3 is 2.84 bits per heavy atom. The van der Waals surface area contributed by atoms with Crippen molar-refractivity contribution in [2.45, 2.75) is 37.1 Å². The monoisotopic (exact) mass is 284 g/mol. The summed E-state index contributed by atoms with van der Waals surface area (Å²) in [6.45, 7) is 2.59. The zero-order chi connectivity index (χ0) is 14.0. The van der Waals surface area contributed by atoms with E-state index in [1.165, 1.54) is 13.2 Å². The second-order valence-electron chi connectivity index (χ2n) is 4.73. The molecule has 0 saturated carbocycles. The number of nitrogen functional groups attached to an aromatic ring is 1. The zero-order valence-corrected chi connectivity index (χ0v) is 12.1. The molecule has 19 heavy (non-hydrogen) atoms. The van der Waals surface area contributed by atoms with Crippen LogP contribution in [0.3, 0.4) is 0 Å². The van der Waals surface area contributed by atoms with Gasteiger partial charge < -0.3 is 10.5 Å². The van der Waals surface area contributed by atoms with Gasteiger partial charge in [-0.3, -0.25) is 0 Å². The van der Waals surface area contributed by atoms with Crippen LogP contribution < -0.4 is 10.5 Å². The average Bonchev–Trinajstić information content (AvgIpc) is 2.87. The highest BCUT2D eigenvalue weighted by Crippen LogP contribution is 2.33. The van der Waals surface area contributed by atoms with Crippen molar-refractivity contribution in [3.8, 4) is 5.75 Å². The van der Waals surface area contributed by atoms with Gasteiger partial charge in [-0.2, -0.15) is 4.31 Å². The predicted octanol–water partition coefficient (Wildman–Crippen LogP) is 1.84. The summed E-state index contributed by atoms with van der Waals surface area (Å²) in [4.78, 5) is 0.199. The van der Waals surface area contributed by atoms with E-state index >= 15 is 0 Å². The first kappa shape index (κ1) is 14.1. The van der Waals surface area contributed by atoms with E-state index in [0.29, 0.717) is 18.0 Å². The minimum Gasteiger partial charge on any atom is -0.495 e. The number of benzene rings is 1. The maximum Gasteiger partial charge on any atom is 0.247 e. The fraction of sp³-hybridized carbons (Fsp3) is 0.538. The normalized spacial score (nSPS) is 20.6. The summed E-state index contributed by atoms with van der Waals surface area (Å²) in [5.74, 6) is 0.307. The van der Waals surface area contributed by atoms with Gasteiger partial charge in [0.2, 0.25) is 10.0 Å². The van der Waals surface area contributed by atoms with Gasteiger partial charge >= 0.3 is 0 Å². The molecule has 1 saturated heterocycles. The maximum atomic E-state index is 12.7. The molecule has 0 radical (unpaired) electrons. The predicted molar refractivity (Wildman–Crippen MR) is 74.6 cm³/mol. The maximum absolute atomic E-state index is 12.7. The second-order valence-corrected chi connectivity index (χ2v) is 6.59. The Hall–Kier alpha value is -1.27. The molecule has 1 aliphatic heterocycles. The Balaban J connectivity index is 2.45. The quantitative estimate of drug-likeness (QED) is 0.856. The Morgan fingerprint density at radius 2 is 2.21 bits per heavy atom. The Morgan fingerprint density at radius 1 is 1.47 bits per heavy atom. The number of anilines is 1. The number of hydrogen-bond acceptors (Lipinski definition) is 4. The Labute approximate surface area is 114 Å².